The number of likely N-dealkylation sites (N-methyl/N-ethyl adjacent to an activating group) is 1. The lowest BCUT2D eigenvalue weighted by Gasteiger charge is -2.35. The Bertz CT molecular complexity index is 190. The molecule has 0 spiro atoms. The van der Waals surface area contributed by atoms with Gasteiger partial charge in [-0.25, -0.2) is 0 Å². The molecule has 0 bridgehead atoms. The molecule has 2 nitrogen and oxygen atoms in total. The van der Waals surface area contributed by atoms with Crippen molar-refractivity contribution in [2.75, 3.05) is 26.7 Å². The fourth-order valence-electron chi connectivity index (χ4n) is 2.36. The molecule has 0 amide bonds. The van der Waals surface area contributed by atoms with Gasteiger partial charge in [0.1, 0.15) is 0 Å². The molecule has 2 rings (SSSR count). The minimum Gasteiger partial charge on any atom is -0.315 e. The summed E-state index contributed by atoms with van der Waals surface area (Å²) < 4.78 is 0. The summed E-state index contributed by atoms with van der Waals surface area (Å²) in [5, 5.41) is 3.46. The van der Waals surface area contributed by atoms with Gasteiger partial charge in [0.05, 0.1) is 0 Å². The molecule has 1 N–H and O–H groups in total. The number of nitrogens with zero attached hydrogens (tertiary/aromatic N) is 1. The molecular formula is C11H23ClN2. The standard InChI is InChI=1S/C11H22N2.ClH/c1-9-6-10(9)7-13(3)11(2)4-5-12-8-11;/h9-10,12H,4-8H2,1-3H3;1H. The molecule has 14 heavy (non-hydrogen) atoms. The van der Waals surface area contributed by atoms with Gasteiger partial charge in [-0.15, -0.1) is 12.4 Å². The molecule has 1 aliphatic heterocycles. The van der Waals surface area contributed by atoms with E-state index in [9.17, 15) is 0 Å². The summed E-state index contributed by atoms with van der Waals surface area (Å²) in [6, 6.07) is 0. The number of nitrogens with one attached hydrogen (secondary N) is 1. The van der Waals surface area contributed by atoms with Gasteiger partial charge in [0, 0.05) is 18.6 Å². The molecule has 1 saturated heterocycles. The summed E-state index contributed by atoms with van der Waals surface area (Å²) in [5.74, 6) is 1.97. The van der Waals surface area contributed by atoms with Crippen LogP contribution in [-0.2, 0) is 0 Å². The summed E-state index contributed by atoms with van der Waals surface area (Å²) >= 11 is 0. The van der Waals surface area contributed by atoms with Crippen LogP contribution >= 0.6 is 12.4 Å². The molecule has 3 unspecified atom stereocenters. The first-order chi connectivity index (χ1) is 6.12. The van der Waals surface area contributed by atoms with Gasteiger partial charge >= 0.3 is 0 Å². The minimum absolute atomic E-state index is 0. The molecule has 1 heterocycles. The molecule has 84 valence electrons. The zero-order valence-corrected chi connectivity index (χ0v) is 10.4. The second-order valence-electron chi connectivity index (χ2n) is 5.28. The largest absolute Gasteiger partial charge is 0.315 e. The quantitative estimate of drug-likeness (QED) is 0.777. The molecule has 1 aliphatic carbocycles. The second kappa shape index (κ2) is 4.38. The van der Waals surface area contributed by atoms with Crippen molar-refractivity contribution in [3.63, 3.8) is 0 Å². The molecule has 0 aromatic carbocycles. The van der Waals surface area contributed by atoms with Crippen LogP contribution in [-0.4, -0.2) is 37.1 Å². The highest BCUT2D eigenvalue weighted by Crippen LogP contribution is 2.39. The van der Waals surface area contributed by atoms with Crippen LogP contribution in [0.25, 0.3) is 0 Å². The average Bonchev–Trinajstić information content (AvgIpc) is 2.62. The Morgan fingerprint density at radius 2 is 2.14 bits per heavy atom. The van der Waals surface area contributed by atoms with Gasteiger partial charge in [-0.1, -0.05) is 6.92 Å². The van der Waals surface area contributed by atoms with Gasteiger partial charge in [0.2, 0.25) is 0 Å². The van der Waals surface area contributed by atoms with Crippen LogP contribution in [0.5, 0.6) is 0 Å². The Balaban J connectivity index is 0.000000980. The molecule has 0 radical (unpaired) electrons. The van der Waals surface area contributed by atoms with E-state index in [1.807, 2.05) is 0 Å². The lowest BCUT2D eigenvalue weighted by molar-refractivity contribution is 0.148. The first-order valence-corrected chi connectivity index (χ1v) is 5.54. The lowest BCUT2D eigenvalue weighted by atomic mass is 9.99. The van der Waals surface area contributed by atoms with Crippen molar-refractivity contribution in [2.45, 2.75) is 32.2 Å². The van der Waals surface area contributed by atoms with Crippen LogP contribution in [0.15, 0.2) is 0 Å². The lowest BCUT2D eigenvalue weighted by Crippen LogP contribution is -2.46. The van der Waals surface area contributed by atoms with Crippen LogP contribution in [0, 0.1) is 11.8 Å². The highest BCUT2D eigenvalue weighted by Gasteiger charge is 2.39. The summed E-state index contributed by atoms with van der Waals surface area (Å²) in [4.78, 5) is 2.57. The van der Waals surface area contributed by atoms with Crippen LogP contribution in [0.3, 0.4) is 0 Å². The predicted molar refractivity (Wildman–Crippen MR) is 63.0 cm³/mol. The minimum atomic E-state index is 0. The molecule has 3 atom stereocenters. The summed E-state index contributed by atoms with van der Waals surface area (Å²) in [5.41, 5.74) is 0.433. The highest BCUT2D eigenvalue weighted by atomic mass is 35.5. The molecule has 2 fully saturated rings. The van der Waals surface area contributed by atoms with Crippen molar-refractivity contribution in [3.05, 3.63) is 0 Å². The summed E-state index contributed by atoms with van der Waals surface area (Å²) in [7, 11) is 2.29. The molecule has 2 aliphatic rings. The Morgan fingerprint density at radius 1 is 1.50 bits per heavy atom. The maximum atomic E-state index is 3.46. The van der Waals surface area contributed by atoms with Crippen LogP contribution in [0.1, 0.15) is 26.7 Å². The van der Waals surface area contributed by atoms with Crippen LogP contribution in [0.4, 0.5) is 0 Å². The van der Waals surface area contributed by atoms with Crippen molar-refractivity contribution in [3.8, 4) is 0 Å². The van der Waals surface area contributed by atoms with Gasteiger partial charge < -0.3 is 5.32 Å². The smallest absolute Gasteiger partial charge is 0.0314 e. The third-order valence-corrected chi connectivity index (χ3v) is 4.05. The first-order valence-electron chi connectivity index (χ1n) is 5.54. The first kappa shape index (κ1) is 12.3. The monoisotopic (exact) mass is 218 g/mol. The van der Waals surface area contributed by atoms with Crippen molar-refractivity contribution >= 4 is 12.4 Å². The fraction of sp³-hybridized carbons (Fsp3) is 1.00. The topological polar surface area (TPSA) is 15.3 Å². The van der Waals surface area contributed by atoms with E-state index in [4.69, 9.17) is 0 Å². The summed E-state index contributed by atoms with van der Waals surface area (Å²) in [6.45, 7) is 8.43. The van der Waals surface area contributed by atoms with E-state index < -0.39 is 0 Å². The molecule has 1 saturated carbocycles. The van der Waals surface area contributed by atoms with E-state index in [-0.39, 0.29) is 12.4 Å². The second-order valence-corrected chi connectivity index (χ2v) is 5.28. The van der Waals surface area contributed by atoms with E-state index in [2.05, 4.69) is 31.1 Å². The van der Waals surface area contributed by atoms with Gasteiger partial charge in [0.15, 0.2) is 0 Å². The van der Waals surface area contributed by atoms with E-state index in [0.29, 0.717) is 5.54 Å². The Hall–Kier alpha value is 0.210. The zero-order valence-electron chi connectivity index (χ0n) is 9.55. The summed E-state index contributed by atoms with van der Waals surface area (Å²) in [6.07, 6.45) is 2.76. The third kappa shape index (κ3) is 2.41. The Kier molecular flexibility index (Phi) is 3.84. The van der Waals surface area contributed by atoms with Crippen molar-refractivity contribution in [2.24, 2.45) is 11.8 Å². The van der Waals surface area contributed by atoms with Crippen molar-refractivity contribution in [1.82, 2.24) is 10.2 Å². The fourth-order valence-corrected chi connectivity index (χ4v) is 2.36. The van der Waals surface area contributed by atoms with Gasteiger partial charge in [-0.2, -0.15) is 0 Å². The Labute approximate surface area is 93.8 Å². The van der Waals surface area contributed by atoms with E-state index in [1.54, 1.807) is 0 Å². The molecule has 0 aromatic heterocycles. The van der Waals surface area contributed by atoms with E-state index in [0.717, 1.165) is 11.8 Å². The third-order valence-electron chi connectivity index (χ3n) is 4.05. The number of hydrogen-bond acceptors (Lipinski definition) is 2. The highest BCUT2D eigenvalue weighted by molar-refractivity contribution is 5.85. The van der Waals surface area contributed by atoms with Crippen molar-refractivity contribution < 1.29 is 0 Å². The van der Waals surface area contributed by atoms with Gasteiger partial charge in [0.25, 0.3) is 0 Å². The normalized spacial score (nSPS) is 41.1. The van der Waals surface area contributed by atoms with Gasteiger partial charge in [-0.05, 0) is 45.2 Å². The zero-order chi connectivity index (χ0) is 9.47. The number of halogens is 1. The van der Waals surface area contributed by atoms with Crippen molar-refractivity contribution in [1.29, 1.82) is 0 Å². The van der Waals surface area contributed by atoms with E-state index >= 15 is 0 Å². The predicted octanol–water partition coefficient (Wildman–Crippen LogP) is 1.75. The molecule has 3 heteroatoms. The van der Waals surface area contributed by atoms with Crippen LogP contribution in [0.2, 0.25) is 0 Å². The molecular weight excluding hydrogens is 196 g/mol. The SMILES string of the molecule is CC1CC1CN(C)C1(C)CCNC1.Cl. The van der Waals surface area contributed by atoms with E-state index in [1.165, 1.54) is 32.5 Å². The Morgan fingerprint density at radius 3 is 2.57 bits per heavy atom. The maximum Gasteiger partial charge on any atom is 0.0314 e. The van der Waals surface area contributed by atoms with Crippen LogP contribution < -0.4 is 5.32 Å². The number of rotatable bonds is 3. The number of hydrogen-bond donors (Lipinski definition) is 1. The maximum absolute atomic E-state index is 3.46. The molecule has 0 aromatic rings. The van der Waals surface area contributed by atoms with Gasteiger partial charge in [-0.3, -0.25) is 4.90 Å². The average molecular weight is 219 g/mol.